The van der Waals surface area contributed by atoms with Crippen molar-refractivity contribution in [2.45, 2.75) is 32.2 Å². The molecule has 2 N–H and O–H groups in total. The van der Waals surface area contributed by atoms with E-state index < -0.39 is 17.4 Å². The SMILES string of the molecule is Cc1cc(C(=O)NC2(C(=O)O)CCOCC2)nc(C)n1. The lowest BCUT2D eigenvalue weighted by atomic mass is 9.90. The molecule has 7 nitrogen and oxygen atoms in total. The molecule has 1 fully saturated rings. The monoisotopic (exact) mass is 279 g/mol. The van der Waals surface area contributed by atoms with Crippen LogP contribution in [-0.4, -0.2) is 45.7 Å². The van der Waals surface area contributed by atoms with Crippen molar-refractivity contribution in [2.75, 3.05) is 13.2 Å². The lowest BCUT2D eigenvalue weighted by Gasteiger charge is -2.33. The summed E-state index contributed by atoms with van der Waals surface area (Å²) in [6.07, 6.45) is 0.494. The number of rotatable bonds is 3. The van der Waals surface area contributed by atoms with Crippen LogP contribution < -0.4 is 5.32 Å². The summed E-state index contributed by atoms with van der Waals surface area (Å²) in [6.45, 7) is 4.07. The average molecular weight is 279 g/mol. The van der Waals surface area contributed by atoms with Gasteiger partial charge in [0.1, 0.15) is 17.1 Å². The van der Waals surface area contributed by atoms with Gasteiger partial charge in [-0.2, -0.15) is 0 Å². The number of amides is 1. The number of nitrogens with one attached hydrogen (secondary N) is 1. The Kier molecular flexibility index (Phi) is 3.99. The minimum absolute atomic E-state index is 0.183. The van der Waals surface area contributed by atoms with Crippen LogP contribution in [0.15, 0.2) is 6.07 Å². The Balaban J connectivity index is 2.22. The number of aromatic nitrogens is 2. The van der Waals surface area contributed by atoms with Crippen LogP contribution in [0, 0.1) is 13.8 Å². The predicted molar refractivity (Wildman–Crippen MR) is 69.4 cm³/mol. The Morgan fingerprint density at radius 1 is 1.30 bits per heavy atom. The highest BCUT2D eigenvalue weighted by molar-refractivity contribution is 5.96. The fourth-order valence-electron chi connectivity index (χ4n) is 2.23. The largest absolute Gasteiger partial charge is 0.480 e. The van der Waals surface area contributed by atoms with Crippen molar-refractivity contribution in [1.29, 1.82) is 0 Å². The van der Waals surface area contributed by atoms with E-state index in [1.165, 1.54) is 6.07 Å². The molecule has 0 bridgehead atoms. The van der Waals surface area contributed by atoms with Crippen LogP contribution in [0.4, 0.5) is 0 Å². The molecule has 0 spiro atoms. The number of ether oxygens (including phenoxy) is 1. The number of nitrogens with zero attached hydrogens (tertiary/aromatic N) is 2. The van der Waals surface area contributed by atoms with Crippen LogP contribution in [-0.2, 0) is 9.53 Å². The number of hydrogen-bond donors (Lipinski definition) is 2. The van der Waals surface area contributed by atoms with Gasteiger partial charge in [-0.15, -0.1) is 0 Å². The number of carbonyl (C=O) groups excluding carboxylic acids is 1. The zero-order valence-corrected chi connectivity index (χ0v) is 11.5. The summed E-state index contributed by atoms with van der Waals surface area (Å²) < 4.78 is 5.16. The second-order valence-corrected chi connectivity index (χ2v) is 4.90. The molecule has 0 atom stereocenters. The standard InChI is InChI=1S/C13H17N3O4/c1-8-7-10(15-9(2)14-8)11(17)16-13(12(18)19)3-5-20-6-4-13/h7H,3-6H2,1-2H3,(H,16,17)(H,18,19). The van der Waals surface area contributed by atoms with E-state index in [0.717, 1.165) is 0 Å². The van der Waals surface area contributed by atoms with E-state index in [1.54, 1.807) is 13.8 Å². The van der Waals surface area contributed by atoms with Crippen molar-refractivity contribution in [3.8, 4) is 0 Å². The topological polar surface area (TPSA) is 101 Å². The van der Waals surface area contributed by atoms with E-state index >= 15 is 0 Å². The highest BCUT2D eigenvalue weighted by atomic mass is 16.5. The molecule has 0 unspecified atom stereocenters. The third kappa shape index (κ3) is 2.93. The maximum absolute atomic E-state index is 12.2. The third-order valence-corrected chi connectivity index (χ3v) is 3.31. The van der Waals surface area contributed by atoms with Gasteiger partial charge in [0.05, 0.1) is 0 Å². The molecule has 0 saturated carbocycles. The lowest BCUT2D eigenvalue weighted by Crippen LogP contribution is -2.57. The van der Waals surface area contributed by atoms with Gasteiger partial charge in [-0.25, -0.2) is 14.8 Å². The maximum atomic E-state index is 12.2. The van der Waals surface area contributed by atoms with Gasteiger partial charge >= 0.3 is 5.97 Å². The molecule has 2 rings (SSSR count). The summed E-state index contributed by atoms with van der Waals surface area (Å²) >= 11 is 0. The zero-order valence-electron chi connectivity index (χ0n) is 11.5. The average Bonchev–Trinajstić information content (AvgIpc) is 2.38. The highest BCUT2D eigenvalue weighted by Crippen LogP contribution is 2.21. The normalized spacial score (nSPS) is 17.5. The van der Waals surface area contributed by atoms with Gasteiger partial charge < -0.3 is 15.2 Å². The molecule has 20 heavy (non-hydrogen) atoms. The van der Waals surface area contributed by atoms with Gasteiger partial charge in [0, 0.05) is 31.7 Å². The summed E-state index contributed by atoms with van der Waals surface area (Å²) in [5, 5.41) is 12.0. The minimum Gasteiger partial charge on any atom is -0.480 e. The summed E-state index contributed by atoms with van der Waals surface area (Å²) in [5.74, 6) is -1.06. The molecule has 1 saturated heterocycles. The first-order chi connectivity index (χ1) is 9.43. The Labute approximate surface area is 116 Å². The molecule has 2 heterocycles. The number of aryl methyl sites for hydroxylation is 2. The van der Waals surface area contributed by atoms with Gasteiger partial charge in [-0.05, 0) is 19.9 Å². The van der Waals surface area contributed by atoms with E-state index in [9.17, 15) is 14.7 Å². The van der Waals surface area contributed by atoms with Crippen molar-refractivity contribution >= 4 is 11.9 Å². The first-order valence-electron chi connectivity index (χ1n) is 6.39. The molecule has 1 aliphatic heterocycles. The van der Waals surface area contributed by atoms with Crippen LogP contribution in [0.5, 0.6) is 0 Å². The quantitative estimate of drug-likeness (QED) is 0.833. The molecule has 0 aliphatic carbocycles. The summed E-state index contributed by atoms with van der Waals surface area (Å²) in [4.78, 5) is 31.8. The van der Waals surface area contributed by atoms with Crippen molar-refractivity contribution in [3.05, 3.63) is 23.3 Å². The number of hydrogen-bond acceptors (Lipinski definition) is 5. The minimum atomic E-state index is -1.28. The number of aliphatic carboxylic acids is 1. The first kappa shape index (κ1) is 14.4. The molecule has 1 aromatic rings. The molecule has 0 radical (unpaired) electrons. The third-order valence-electron chi connectivity index (χ3n) is 3.31. The van der Waals surface area contributed by atoms with Gasteiger partial charge in [-0.3, -0.25) is 4.79 Å². The molecule has 7 heteroatoms. The Bertz CT molecular complexity index is 518. The van der Waals surface area contributed by atoms with Gasteiger partial charge in [-0.1, -0.05) is 0 Å². The molecule has 1 aliphatic rings. The van der Waals surface area contributed by atoms with E-state index in [1.807, 2.05) is 0 Å². The summed E-state index contributed by atoms with van der Waals surface area (Å²) in [6, 6.07) is 1.54. The van der Waals surface area contributed by atoms with Crippen molar-refractivity contribution in [1.82, 2.24) is 15.3 Å². The molecule has 1 amide bonds. The predicted octanol–water partition coefficient (Wildman–Crippen LogP) is 0.457. The molecule has 1 aromatic heterocycles. The molecular weight excluding hydrogens is 262 g/mol. The number of carboxylic acids is 1. The van der Waals surface area contributed by atoms with Crippen molar-refractivity contribution < 1.29 is 19.4 Å². The smallest absolute Gasteiger partial charge is 0.329 e. The van der Waals surface area contributed by atoms with Crippen LogP contribution >= 0.6 is 0 Å². The Hall–Kier alpha value is -2.02. The van der Waals surface area contributed by atoms with Crippen LogP contribution in [0.3, 0.4) is 0 Å². The summed E-state index contributed by atoms with van der Waals surface area (Å²) in [7, 11) is 0. The van der Waals surface area contributed by atoms with Crippen molar-refractivity contribution in [3.63, 3.8) is 0 Å². The van der Waals surface area contributed by atoms with Gasteiger partial charge in [0.2, 0.25) is 0 Å². The fourth-order valence-corrected chi connectivity index (χ4v) is 2.23. The maximum Gasteiger partial charge on any atom is 0.329 e. The van der Waals surface area contributed by atoms with Gasteiger partial charge in [0.15, 0.2) is 0 Å². The molecule has 108 valence electrons. The van der Waals surface area contributed by atoms with Crippen LogP contribution in [0.2, 0.25) is 0 Å². The Morgan fingerprint density at radius 2 is 1.95 bits per heavy atom. The highest BCUT2D eigenvalue weighted by Gasteiger charge is 2.42. The van der Waals surface area contributed by atoms with E-state index in [4.69, 9.17) is 4.74 Å². The number of carbonyl (C=O) groups is 2. The Morgan fingerprint density at radius 3 is 2.50 bits per heavy atom. The second-order valence-electron chi connectivity index (χ2n) is 4.90. The lowest BCUT2D eigenvalue weighted by molar-refractivity contribution is -0.148. The fraction of sp³-hybridized carbons (Fsp3) is 0.538. The van der Waals surface area contributed by atoms with Crippen LogP contribution in [0.25, 0.3) is 0 Å². The van der Waals surface area contributed by atoms with Crippen LogP contribution in [0.1, 0.15) is 34.8 Å². The van der Waals surface area contributed by atoms with Gasteiger partial charge in [0.25, 0.3) is 5.91 Å². The zero-order chi connectivity index (χ0) is 14.8. The molecule has 0 aromatic carbocycles. The summed E-state index contributed by atoms with van der Waals surface area (Å²) in [5.41, 5.74) is -0.427. The first-order valence-corrected chi connectivity index (χ1v) is 6.39. The van der Waals surface area contributed by atoms with E-state index in [2.05, 4.69) is 15.3 Å². The number of carboxylic acid groups (broad SMARTS) is 1. The second kappa shape index (κ2) is 5.54. The van der Waals surface area contributed by atoms with E-state index in [-0.39, 0.29) is 18.5 Å². The van der Waals surface area contributed by atoms with Crippen molar-refractivity contribution in [2.24, 2.45) is 0 Å². The molecular formula is C13H17N3O4. The van der Waals surface area contributed by atoms with E-state index in [0.29, 0.717) is 24.7 Å².